The molecule has 0 aliphatic carbocycles. The number of nitrogens with zero attached hydrogens (tertiary/aromatic N) is 1. The number of oxime groups is 1. The molecule has 0 saturated heterocycles. The van der Waals surface area contributed by atoms with Gasteiger partial charge in [-0.3, -0.25) is 4.79 Å². The van der Waals surface area contributed by atoms with E-state index < -0.39 is 0 Å². The quantitative estimate of drug-likeness (QED) is 0.445. The van der Waals surface area contributed by atoms with Crippen LogP contribution in [-0.4, -0.2) is 17.1 Å². The van der Waals surface area contributed by atoms with Crippen molar-refractivity contribution in [2.45, 2.75) is 33.3 Å². The zero-order valence-corrected chi connectivity index (χ0v) is 10.2. The lowest BCUT2D eigenvalue weighted by atomic mass is 10.1. The fraction of sp³-hybridized carbons (Fsp3) is 0.385. The third kappa shape index (κ3) is 3.85. The van der Waals surface area contributed by atoms with Gasteiger partial charge in [-0.05, 0) is 27.7 Å². The summed E-state index contributed by atoms with van der Waals surface area (Å²) in [4.78, 5) is 17.1. The zero-order chi connectivity index (χ0) is 12.2. The standard InChI is InChI=1S/C13H17NO2/c1-10(14-16-13(2,3)4)12(15)11-8-6-5-7-9-11/h5-9H,1-4H3/b14-10+. The second-order valence-corrected chi connectivity index (χ2v) is 4.58. The molecule has 0 saturated carbocycles. The average molecular weight is 219 g/mol. The molecule has 0 atom stereocenters. The summed E-state index contributed by atoms with van der Waals surface area (Å²) in [5.41, 5.74) is 0.612. The van der Waals surface area contributed by atoms with Crippen molar-refractivity contribution in [3.63, 3.8) is 0 Å². The Labute approximate surface area is 96.1 Å². The van der Waals surface area contributed by atoms with Crippen molar-refractivity contribution in [2.75, 3.05) is 0 Å². The summed E-state index contributed by atoms with van der Waals surface area (Å²) < 4.78 is 0. The molecule has 0 aromatic heterocycles. The van der Waals surface area contributed by atoms with Gasteiger partial charge in [-0.1, -0.05) is 35.5 Å². The number of benzene rings is 1. The highest BCUT2D eigenvalue weighted by atomic mass is 16.6. The van der Waals surface area contributed by atoms with Gasteiger partial charge in [0.1, 0.15) is 11.3 Å². The van der Waals surface area contributed by atoms with Crippen molar-refractivity contribution in [3.05, 3.63) is 35.9 Å². The molecule has 0 radical (unpaired) electrons. The third-order valence-corrected chi connectivity index (χ3v) is 1.82. The molecule has 0 fully saturated rings. The molecule has 0 aliphatic heterocycles. The minimum atomic E-state index is -0.377. The van der Waals surface area contributed by atoms with Crippen LogP contribution in [0.3, 0.4) is 0 Å². The van der Waals surface area contributed by atoms with E-state index in [-0.39, 0.29) is 11.4 Å². The van der Waals surface area contributed by atoms with Crippen LogP contribution < -0.4 is 0 Å². The van der Waals surface area contributed by atoms with E-state index in [4.69, 9.17) is 4.84 Å². The minimum absolute atomic E-state index is 0.107. The van der Waals surface area contributed by atoms with Crippen molar-refractivity contribution < 1.29 is 9.63 Å². The van der Waals surface area contributed by atoms with Crippen molar-refractivity contribution in [3.8, 4) is 0 Å². The highest BCUT2D eigenvalue weighted by Crippen LogP contribution is 2.08. The Kier molecular flexibility index (Phi) is 3.82. The molecule has 0 bridgehead atoms. The zero-order valence-electron chi connectivity index (χ0n) is 10.2. The van der Waals surface area contributed by atoms with Gasteiger partial charge in [0.05, 0.1) is 0 Å². The van der Waals surface area contributed by atoms with Gasteiger partial charge in [-0.2, -0.15) is 0 Å². The summed E-state index contributed by atoms with van der Waals surface area (Å²) in [5.74, 6) is -0.107. The Bertz CT molecular complexity index is 388. The van der Waals surface area contributed by atoms with Gasteiger partial charge < -0.3 is 4.84 Å². The Morgan fingerprint density at radius 2 is 1.75 bits per heavy atom. The number of rotatable bonds is 3. The molecule has 0 spiro atoms. The van der Waals surface area contributed by atoms with E-state index in [1.807, 2.05) is 39.0 Å². The van der Waals surface area contributed by atoms with Crippen LogP contribution in [0.1, 0.15) is 38.1 Å². The molecule has 0 unspecified atom stereocenters. The lowest BCUT2D eigenvalue weighted by molar-refractivity contribution is 0.000770. The second kappa shape index (κ2) is 4.92. The molecule has 0 aliphatic rings. The lowest BCUT2D eigenvalue weighted by Gasteiger charge is -2.15. The molecule has 3 heteroatoms. The van der Waals surface area contributed by atoms with E-state index in [1.54, 1.807) is 19.1 Å². The first-order valence-corrected chi connectivity index (χ1v) is 5.23. The maximum atomic E-state index is 11.9. The molecular formula is C13H17NO2. The maximum absolute atomic E-state index is 11.9. The van der Waals surface area contributed by atoms with E-state index >= 15 is 0 Å². The van der Waals surface area contributed by atoms with Crippen molar-refractivity contribution in [1.82, 2.24) is 0 Å². The summed E-state index contributed by atoms with van der Waals surface area (Å²) in [5, 5.41) is 3.84. The highest BCUT2D eigenvalue weighted by molar-refractivity contribution is 6.45. The first-order valence-electron chi connectivity index (χ1n) is 5.23. The molecule has 0 N–H and O–H groups in total. The summed E-state index contributed by atoms with van der Waals surface area (Å²) in [6.07, 6.45) is 0. The van der Waals surface area contributed by atoms with Crippen LogP contribution in [0.5, 0.6) is 0 Å². The number of hydrogen-bond donors (Lipinski definition) is 0. The Balaban J connectivity index is 2.76. The average Bonchev–Trinajstić information content (AvgIpc) is 2.25. The first kappa shape index (κ1) is 12.4. The number of Topliss-reactive ketones (excluding diaryl/α,β-unsaturated/α-hetero) is 1. The lowest BCUT2D eigenvalue weighted by Crippen LogP contribution is -2.19. The Morgan fingerprint density at radius 3 is 2.25 bits per heavy atom. The molecule has 1 aromatic rings. The van der Waals surface area contributed by atoms with Crippen LogP contribution in [0.4, 0.5) is 0 Å². The van der Waals surface area contributed by atoms with E-state index in [0.29, 0.717) is 11.3 Å². The monoisotopic (exact) mass is 219 g/mol. The smallest absolute Gasteiger partial charge is 0.210 e. The molecule has 0 amide bonds. The van der Waals surface area contributed by atoms with Gasteiger partial charge in [0.15, 0.2) is 0 Å². The third-order valence-electron chi connectivity index (χ3n) is 1.82. The Hall–Kier alpha value is -1.64. The van der Waals surface area contributed by atoms with Crippen molar-refractivity contribution >= 4 is 11.5 Å². The van der Waals surface area contributed by atoms with Gasteiger partial charge in [-0.25, -0.2) is 0 Å². The van der Waals surface area contributed by atoms with E-state index in [9.17, 15) is 4.79 Å². The normalized spacial score (nSPS) is 12.4. The summed E-state index contributed by atoms with van der Waals surface area (Å²) >= 11 is 0. The fourth-order valence-corrected chi connectivity index (χ4v) is 1.05. The van der Waals surface area contributed by atoms with E-state index in [1.165, 1.54) is 0 Å². The minimum Gasteiger partial charge on any atom is -0.390 e. The number of ketones is 1. The van der Waals surface area contributed by atoms with Crippen molar-refractivity contribution in [1.29, 1.82) is 0 Å². The van der Waals surface area contributed by atoms with Crippen molar-refractivity contribution in [2.24, 2.45) is 5.16 Å². The van der Waals surface area contributed by atoms with E-state index in [0.717, 1.165) is 0 Å². The van der Waals surface area contributed by atoms with Gasteiger partial charge in [0, 0.05) is 5.56 Å². The van der Waals surface area contributed by atoms with Crippen LogP contribution in [0.25, 0.3) is 0 Å². The maximum Gasteiger partial charge on any atom is 0.210 e. The number of hydrogen-bond acceptors (Lipinski definition) is 3. The number of carbonyl (C=O) groups is 1. The summed E-state index contributed by atoms with van der Waals surface area (Å²) in [7, 11) is 0. The summed E-state index contributed by atoms with van der Waals surface area (Å²) in [6, 6.07) is 9.04. The topological polar surface area (TPSA) is 38.7 Å². The van der Waals surface area contributed by atoms with Gasteiger partial charge in [0.2, 0.25) is 5.78 Å². The molecule has 3 nitrogen and oxygen atoms in total. The SMILES string of the molecule is C/C(=N\OC(C)(C)C)C(=O)c1ccccc1. The largest absolute Gasteiger partial charge is 0.390 e. The molecule has 86 valence electrons. The Morgan fingerprint density at radius 1 is 1.19 bits per heavy atom. The molecular weight excluding hydrogens is 202 g/mol. The molecule has 16 heavy (non-hydrogen) atoms. The van der Waals surface area contributed by atoms with Crippen LogP contribution in [0.15, 0.2) is 35.5 Å². The first-order chi connectivity index (χ1) is 7.40. The molecule has 1 rings (SSSR count). The van der Waals surface area contributed by atoms with Crippen LogP contribution in [-0.2, 0) is 4.84 Å². The predicted octanol–water partition coefficient (Wildman–Crippen LogP) is 3.06. The second-order valence-electron chi connectivity index (χ2n) is 4.58. The fourth-order valence-electron chi connectivity index (χ4n) is 1.05. The van der Waals surface area contributed by atoms with Gasteiger partial charge in [-0.15, -0.1) is 0 Å². The highest BCUT2D eigenvalue weighted by Gasteiger charge is 2.13. The predicted molar refractivity (Wildman–Crippen MR) is 64.7 cm³/mol. The van der Waals surface area contributed by atoms with Crippen LogP contribution >= 0.6 is 0 Å². The molecule has 0 heterocycles. The summed E-state index contributed by atoms with van der Waals surface area (Å²) in [6.45, 7) is 7.31. The number of carbonyl (C=O) groups excluding carboxylic acids is 1. The van der Waals surface area contributed by atoms with Crippen LogP contribution in [0.2, 0.25) is 0 Å². The van der Waals surface area contributed by atoms with E-state index in [2.05, 4.69) is 5.16 Å². The van der Waals surface area contributed by atoms with Gasteiger partial charge >= 0.3 is 0 Å². The molecule has 1 aromatic carbocycles. The van der Waals surface area contributed by atoms with Crippen LogP contribution in [0, 0.1) is 0 Å². The van der Waals surface area contributed by atoms with Gasteiger partial charge in [0.25, 0.3) is 0 Å².